The summed E-state index contributed by atoms with van der Waals surface area (Å²) in [7, 11) is 2.18. The molecule has 0 radical (unpaired) electrons. The van der Waals surface area contributed by atoms with Crippen LogP contribution in [0, 0.1) is 0 Å². The topological polar surface area (TPSA) is 52.6 Å². The summed E-state index contributed by atoms with van der Waals surface area (Å²) in [5.41, 5.74) is 2.32. The number of aliphatic imine (C=N–C) groups is 1. The van der Waals surface area contributed by atoms with Crippen molar-refractivity contribution in [2.45, 2.75) is 39.4 Å². The molecule has 1 aromatic heterocycles. The van der Waals surface area contributed by atoms with Crippen molar-refractivity contribution in [3.63, 3.8) is 0 Å². The van der Waals surface area contributed by atoms with E-state index in [2.05, 4.69) is 76.7 Å². The van der Waals surface area contributed by atoms with Gasteiger partial charge in [0.1, 0.15) is 0 Å². The highest BCUT2D eigenvalue weighted by atomic mass is 15.2. The molecule has 0 aliphatic carbocycles. The summed E-state index contributed by atoms with van der Waals surface area (Å²) in [5, 5.41) is 6.72. The molecule has 1 aromatic carbocycles. The van der Waals surface area contributed by atoms with Crippen LogP contribution in [0.4, 0.5) is 0 Å². The minimum Gasteiger partial charge on any atom is -0.357 e. The number of nitrogens with zero attached hydrogens (tertiary/aromatic N) is 3. The second kappa shape index (κ2) is 11.3. The highest BCUT2D eigenvalue weighted by Gasteiger charge is 2.09. The molecule has 0 spiro atoms. The number of hydrogen-bond acceptors (Lipinski definition) is 3. The van der Waals surface area contributed by atoms with Gasteiger partial charge in [0.15, 0.2) is 5.96 Å². The van der Waals surface area contributed by atoms with Gasteiger partial charge in [-0.2, -0.15) is 0 Å². The zero-order valence-corrected chi connectivity index (χ0v) is 16.2. The molecular formula is C21H31N5. The molecule has 140 valence electrons. The zero-order chi connectivity index (χ0) is 18.6. The normalized spacial score (nSPS) is 12.8. The molecule has 5 heteroatoms. The minimum absolute atomic E-state index is 0.487. The van der Waals surface area contributed by atoms with Crippen molar-refractivity contribution < 1.29 is 0 Å². The second-order valence-corrected chi connectivity index (χ2v) is 6.48. The van der Waals surface area contributed by atoms with Crippen LogP contribution in [-0.2, 0) is 13.1 Å². The molecular weight excluding hydrogens is 322 g/mol. The average Bonchev–Trinajstić information content (AvgIpc) is 2.67. The van der Waals surface area contributed by atoms with Crippen LogP contribution in [-0.4, -0.2) is 42.0 Å². The van der Waals surface area contributed by atoms with E-state index in [0.717, 1.165) is 37.7 Å². The fraction of sp³-hybridized carbons (Fsp3) is 0.429. The van der Waals surface area contributed by atoms with E-state index >= 15 is 0 Å². The molecule has 0 saturated heterocycles. The molecule has 1 heterocycles. The molecule has 26 heavy (non-hydrogen) atoms. The van der Waals surface area contributed by atoms with Gasteiger partial charge in [-0.1, -0.05) is 36.4 Å². The average molecular weight is 354 g/mol. The molecule has 0 aliphatic heterocycles. The smallest absolute Gasteiger partial charge is 0.191 e. The van der Waals surface area contributed by atoms with Gasteiger partial charge >= 0.3 is 0 Å². The van der Waals surface area contributed by atoms with Gasteiger partial charge in [0.2, 0.25) is 0 Å². The maximum Gasteiger partial charge on any atom is 0.191 e. The number of benzene rings is 1. The zero-order valence-electron chi connectivity index (χ0n) is 16.2. The summed E-state index contributed by atoms with van der Waals surface area (Å²) in [6, 6.07) is 17.0. The Morgan fingerprint density at radius 1 is 1.12 bits per heavy atom. The highest BCUT2D eigenvalue weighted by Crippen LogP contribution is 2.07. The van der Waals surface area contributed by atoms with Crippen molar-refractivity contribution in [3.8, 4) is 0 Å². The van der Waals surface area contributed by atoms with Crippen LogP contribution in [0.15, 0.2) is 59.7 Å². The molecule has 0 bridgehead atoms. The number of nitrogens with one attached hydrogen (secondary N) is 2. The maximum atomic E-state index is 4.61. The van der Waals surface area contributed by atoms with E-state index in [-0.39, 0.29) is 0 Å². The Kier molecular flexibility index (Phi) is 8.63. The fourth-order valence-corrected chi connectivity index (χ4v) is 2.64. The van der Waals surface area contributed by atoms with Crippen LogP contribution >= 0.6 is 0 Å². The molecule has 0 aliphatic rings. The monoisotopic (exact) mass is 353 g/mol. The lowest BCUT2D eigenvalue weighted by atomic mass is 10.1. The largest absolute Gasteiger partial charge is 0.357 e. The number of pyridine rings is 1. The lowest BCUT2D eigenvalue weighted by Gasteiger charge is -2.25. The molecule has 2 rings (SSSR count). The van der Waals surface area contributed by atoms with E-state index in [4.69, 9.17) is 0 Å². The van der Waals surface area contributed by atoms with Crippen molar-refractivity contribution in [3.05, 3.63) is 66.0 Å². The third kappa shape index (κ3) is 7.23. The summed E-state index contributed by atoms with van der Waals surface area (Å²) < 4.78 is 0. The first-order valence-electron chi connectivity index (χ1n) is 9.35. The number of hydrogen-bond donors (Lipinski definition) is 2. The Morgan fingerprint density at radius 2 is 1.88 bits per heavy atom. The SMILES string of the molecule is CCNC(=NCc1ccccn1)NCCC(C)N(C)Cc1ccccc1. The Morgan fingerprint density at radius 3 is 2.58 bits per heavy atom. The summed E-state index contributed by atoms with van der Waals surface area (Å²) in [5.74, 6) is 0.844. The summed E-state index contributed by atoms with van der Waals surface area (Å²) in [4.78, 5) is 11.3. The van der Waals surface area contributed by atoms with Gasteiger partial charge in [-0.15, -0.1) is 0 Å². The number of aromatic nitrogens is 1. The van der Waals surface area contributed by atoms with Crippen LogP contribution < -0.4 is 10.6 Å². The van der Waals surface area contributed by atoms with E-state index in [1.54, 1.807) is 6.20 Å². The molecule has 0 fully saturated rings. The summed E-state index contributed by atoms with van der Waals surface area (Å²) >= 11 is 0. The Bertz CT molecular complexity index is 642. The first kappa shape index (κ1) is 19.9. The van der Waals surface area contributed by atoms with E-state index < -0.39 is 0 Å². The van der Waals surface area contributed by atoms with E-state index in [0.29, 0.717) is 12.6 Å². The number of rotatable bonds is 9. The highest BCUT2D eigenvalue weighted by molar-refractivity contribution is 5.79. The van der Waals surface area contributed by atoms with E-state index in [9.17, 15) is 0 Å². The second-order valence-electron chi connectivity index (χ2n) is 6.48. The predicted molar refractivity (Wildman–Crippen MR) is 109 cm³/mol. The Balaban J connectivity index is 1.77. The standard InChI is InChI=1S/C21H31N5/c1-4-22-21(25-16-20-12-8-9-14-23-20)24-15-13-18(2)26(3)17-19-10-6-5-7-11-19/h5-12,14,18H,4,13,15-17H2,1-3H3,(H2,22,24,25). The quantitative estimate of drug-likeness (QED) is 0.537. The minimum atomic E-state index is 0.487. The molecule has 2 aromatic rings. The fourth-order valence-electron chi connectivity index (χ4n) is 2.64. The lowest BCUT2D eigenvalue weighted by molar-refractivity contribution is 0.238. The van der Waals surface area contributed by atoms with E-state index in [1.807, 2.05) is 18.2 Å². The Labute approximate surface area is 157 Å². The van der Waals surface area contributed by atoms with Gasteiger partial charge in [0.05, 0.1) is 12.2 Å². The molecule has 5 nitrogen and oxygen atoms in total. The van der Waals surface area contributed by atoms with Crippen molar-refractivity contribution in [2.75, 3.05) is 20.1 Å². The van der Waals surface area contributed by atoms with Crippen molar-refractivity contribution in [2.24, 2.45) is 4.99 Å². The molecule has 2 N–H and O–H groups in total. The van der Waals surface area contributed by atoms with Crippen molar-refractivity contribution in [1.82, 2.24) is 20.5 Å². The summed E-state index contributed by atoms with van der Waals surface area (Å²) in [6.07, 6.45) is 2.85. The molecule has 1 unspecified atom stereocenters. The lowest BCUT2D eigenvalue weighted by Crippen LogP contribution is -2.40. The first-order valence-corrected chi connectivity index (χ1v) is 9.35. The van der Waals surface area contributed by atoms with Gasteiger partial charge in [0, 0.05) is 31.9 Å². The third-order valence-corrected chi connectivity index (χ3v) is 4.35. The Hall–Kier alpha value is -2.40. The van der Waals surface area contributed by atoms with Crippen molar-refractivity contribution >= 4 is 5.96 Å². The molecule has 1 atom stereocenters. The predicted octanol–water partition coefficient (Wildman–Crippen LogP) is 3.05. The van der Waals surface area contributed by atoms with Gasteiger partial charge in [-0.05, 0) is 45.0 Å². The van der Waals surface area contributed by atoms with Crippen LogP contribution in [0.3, 0.4) is 0 Å². The van der Waals surface area contributed by atoms with Crippen LogP contribution in [0.5, 0.6) is 0 Å². The first-order chi connectivity index (χ1) is 12.7. The van der Waals surface area contributed by atoms with Crippen LogP contribution in [0.25, 0.3) is 0 Å². The maximum absolute atomic E-state index is 4.61. The van der Waals surface area contributed by atoms with Gasteiger partial charge in [-0.3, -0.25) is 9.88 Å². The van der Waals surface area contributed by atoms with Gasteiger partial charge in [-0.25, -0.2) is 4.99 Å². The summed E-state index contributed by atoms with van der Waals surface area (Å²) in [6.45, 7) is 7.62. The van der Waals surface area contributed by atoms with Crippen molar-refractivity contribution in [1.29, 1.82) is 0 Å². The molecule has 0 amide bonds. The van der Waals surface area contributed by atoms with Crippen LogP contribution in [0.1, 0.15) is 31.5 Å². The van der Waals surface area contributed by atoms with Gasteiger partial charge < -0.3 is 10.6 Å². The third-order valence-electron chi connectivity index (χ3n) is 4.35. The van der Waals surface area contributed by atoms with Crippen LogP contribution in [0.2, 0.25) is 0 Å². The molecule has 0 saturated carbocycles. The van der Waals surface area contributed by atoms with E-state index in [1.165, 1.54) is 5.56 Å². The van der Waals surface area contributed by atoms with Gasteiger partial charge in [0.25, 0.3) is 0 Å². The number of guanidine groups is 1.